The predicted octanol–water partition coefficient (Wildman–Crippen LogP) is 3.78. The lowest BCUT2D eigenvalue weighted by Gasteiger charge is -2.29. The minimum Gasteiger partial charge on any atom is -0.506 e. The van der Waals surface area contributed by atoms with Crippen molar-refractivity contribution in [1.29, 1.82) is 0 Å². The van der Waals surface area contributed by atoms with Crippen LogP contribution in [0, 0.1) is 5.92 Å². The maximum atomic E-state index is 12.7. The number of carbonyl (C=O) groups excluding carboxylic acids is 1. The third kappa shape index (κ3) is 4.03. The zero-order valence-corrected chi connectivity index (χ0v) is 16.5. The molecule has 0 aliphatic carbocycles. The molecule has 1 amide bonds. The van der Waals surface area contributed by atoms with Crippen LogP contribution in [0.15, 0.2) is 34.5 Å². The molecule has 0 bridgehead atoms. The van der Waals surface area contributed by atoms with Gasteiger partial charge in [-0.25, -0.2) is 8.42 Å². The van der Waals surface area contributed by atoms with Gasteiger partial charge in [0, 0.05) is 23.5 Å². The van der Waals surface area contributed by atoms with Gasteiger partial charge in [0.2, 0.25) is 10.0 Å². The number of sulfonamides is 1. The largest absolute Gasteiger partial charge is 0.506 e. The van der Waals surface area contributed by atoms with Gasteiger partial charge in [-0.1, -0.05) is 18.5 Å². The zero-order valence-electron chi connectivity index (χ0n) is 14.1. The van der Waals surface area contributed by atoms with Gasteiger partial charge >= 0.3 is 0 Å². The number of phenolic OH excluding ortho intramolecular Hbond substituents is 1. The summed E-state index contributed by atoms with van der Waals surface area (Å²) in [6.45, 7) is 3.11. The number of amides is 1. The Balaban J connectivity index is 1.76. The van der Waals surface area contributed by atoms with Gasteiger partial charge in [0.15, 0.2) is 0 Å². The molecule has 0 radical (unpaired) electrons. The van der Waals surface area contributed by atoms with E-state index in [1.165, 1.54) is 34.0 Å². The molecule has 2 N–H and O–H groups in total. The smallest absolute Gasteiger partial charge is 0.265 e. The van der Waals surface area contributed by atoms with Crippen LogP contribution in [0.4, 0.5) is 5.69 Å². The quantitative estimate of drug-likeness (QED) is 0.745. The maximum absolute atomic E-state index is 12.7. The number of nitrogens with one attached hydrogen (secondary N) is 1. The number of halogens is 1. The van der Waals surface area contributed by atoms with E-state index in [1.54, 1.807) is 0 Å². The molecule has 2 aromatic rings. The summed E-state index contributed by atoms with van der Waals surface area (Å²) >= 11 is 6.91. The van der Waals surface area contributed by atoms with Gasteiger partial charge in [0.25, 0.3) is 5.91 Å². The van der Waals surface area contributed by atoms with Gasteiger partial charge in [-0.3, -0.25) is 4.79 Å². The van der Waals surface area contributed by atoms with Gasteiger partial charge in [0.1, 0.15) is 5.75 Å². The number of aromatic hydroxyl groups is 1. The molecule has 0 saturated carbocycles. The Morgan fingerprint density at radius 1 is 1.31 bits per heavy atom. The maximum Gasteiger partial charge on any atom is 0.265 e. The molecule has 1 saturated heterocycles. The van der Waals surface area contributed by atoms with Crippen LogP contribution in [0.1, 0.15) is 29.4 Å². The van der Waals surface area contributed by atoms with Crippen molar-refractivity contribution in [3.63, 3.8) is 0 Å². The van der Waals surface area contributed by atoms with Gasteiger partial charge in [-0.2, -0.15) is 4.31 Å². The summed E-state index contributed by atoms with van der Waals surface area (Å²) in [4.78, 5) is 12.7. The van der Waals surface area contributed by atoms with E-state index in [4.69, 9.17) is 11.6 Å². The van der Waals surface area contributed by atoms with Gasteiger partial charge in [0.05, 0.1) is 15.5 Å². The second kappa shape index (κ2) is 7.56. The van der Waals surface area contributed by atoms with Gasteiger partial charge in [-0.05, 0) is 43.0 Å². The Morgan fingerprint density at radius 3 is 2.69 bits per heavy atom. The number of anilines is 1. The first-order chi connectivity index (χ1) is 12.3. The van der Waals surface area contributed by atoms with Crippen LogP contribution < -0.4 is 5.32 Å². The average molecular weight is 415 g/mol. The molecule has 1 aliphatic heterocycles. The van der Waals surface area contributed by atoms with Crippen LogP contribution in [0.25, 0.3) is 0 Å². The molecule has 1 aromatic carbocycles. The molecule has 0 atom stereocenters. The van der Waals surface area contributed by atoms with Crippen molar-refractivity contribution in [3.05, 3.63) is 39.5 Å². The Bertz CT molecular complexity index is 919. The minimum absolute atomic E-state index is 0.116. The molecular weight excluding hydrogens is 396 g/mol. The molecule has 3 rings (SSSR count). The van der Waals surface area contributed by atoms with Crippen LogP contribution in [0.3, 0.4) is 0 Å². The fourth-order valence-electron chi connectivity index (χ4n) is 2.74. The van der Waals surface area contributed by atoms with Crippen molar-refractivity contribution in [1.82, 2.24) is 4.31 Å². The third-order valence-electron chi connectivity index (χ3n) is 4.39. The molecule has 0 unspecified atom stereocenters. The molecular formula is C17H19ClN2O4S2. The summed E-state index contributed by atoms with van der Waals surface area (Å²) in [6.07, 6.45) is 1.68. The van der Waals surface area contributed by atoms with E-state index in [-0.39, 0.29) is 21.2 Å². The zero-order chi connectivity index (χ0) is 18.9. The second-order valence-corrected chi connectivity index (χ2v) is 9.63. The highest BCUT2D eigenvalue weighted by Crippen LogP contribution is 2.29. The van der Waals surface area contributed by atoms with Crippen molar-refractivity contribution in [2.45, 2.75) is 24.7 Å². The molecule has 1 aromatic heterocycles. The highest BCUT2D eigenvalue weighted by Gasteiger charge is 2.29. The van der Waals surface area contributed by atoms with Crippen LogP contribution in [0.5, 0.6) is 5.75 Å². The first-order valence-electron chi connectivity index (χ1n) is 8.16. The Morgan fingerprint density at radius 2 is 2.00 bits per heavy atom. The van der Waals surface area contributed by atoms with E-state index in [2.05, 4.69) is 12.2 Å². The average Bonchev–Trinajstić information content (AvgIpc) is 3.09. The highest BCUT2D eigenvalue weighted by molar-refractivity contribution is 7.89. The van der Waals surface area contributed by atoms with Crippen molar-refractivity contribution >= 4 is 44.6 Å². The van der Waals surface area contributed by atoms with Crippen molar-refractivity contribution in [2.75, 3.05) is 18.4 Å². The molecule has 2 heterocycles. The van der Waals surface area contributed by atoms with E-state index >= 15 is 0 Å². The normalized spacial score (nSPS) is 16.5. The number of rotatable bonds is 4. The fraction of sp³-hybridized carbons (Fsp3) is 0.353. The highest BCUT2D eigenvalue weighted by atomic mass is 35.5. The lowest BCUT2D eigenvalue weighted by Crippen LogP contribution is -2.37. The number of piperidine rings is 1. The second-order valence-electron chi connectivity index (χ2n) is 6.35. The van der Waals surface area contributed by atoms with E-state index in [9.17, 15) is 18.3 Å². The van der Waals surface area contributed by atoms with Crippen LogP contribution >= 0.6 is 22.9 Å². The first kappa shape index (κ1) is 19.2. The number of phenols is 1. The van der Waals surface area contributed by atoms with Crippen molar-refractivity contribution < 1.29 is 18.3 Å². The fourth-order valence-corrected chi connectivity index (χ4v) is 5.54. The van der Waals surface area contributed by atoms with E-state index < -0.39 is 15.9 Å². The lowest BCUT2D eigenvalue weighted by atomic mass is 10.0. The molecule has 1 fully saturated rings. The number of carbonyl (C=O) groups is 1. The lowest BCUT2D eigenvalue weighted by molar-refractivity contribution is 0.103. The number of thiophene rings is 1. The Hall–Kier alpha value is -1.61. The van der Waals surface area contributed by atoms with Gasteiger partial charge in [-0.15, -0.1) is 11.3 Å². The molecule has 26 heavy (non-hydrogen) atoms. The summed E-state index contributed by atoms with van der Waals surface area (Å²) < 4.78 is 26.9. The van der Waals surface area contributed by atoms with Crippen molar-refractivity contribution in [2.24, 2.45) is 5.92 Å². The first-order valence-corrected chi connectivity index (χ1v) is 10.9. The summed E-state index contributed by atoms with van der Waals surface area (Å²) in [5, 5.41) is 14.2. The summed E-state index contributed by atoms with van der Waals surface area (Å²) in [7, 11) is -3.59. The summed E-state index contributed by atoms with van der Waals surface area (Å²) in [6, 6.07) is 5.67. The summed E-state index contributed by atoms with van der Waals surface area (Å²) in [5.41, 5.74) is 0.172. The third-order valence-corrected chi connectivity index (χ3v) is 7.58. The van der Waals surface area contributed by atoms with E-state index in [0.29, 0.717) is 24.0 Å². The minimum atomic E-state index is -3.59. The SMILES string of the molecule is CC1CCN(S(=O)(=O)c2csc(C(=O)Nc3cc(Cl)ccc3O)c2)CC1. The molecule has 1 aliphatic rings. The molecule has 9 heteroatoms. The standard InChI is InChI=1S/C17H19ClN2O4S2/c1-11-4-6-20(7-5-11)26(23,24)13-9-16(25-10-13)17(22)19-14-8-12(18)2-3-15(14)21/h2-3,8-11,21H,4-7H2,1H3,(H,19,22). The Labute approximate surface area is 161 Å². The monoisotopic (exact) mass is 414 g/mol. The van der Waals surface area contributed by atoms with Gasteiger partial charge < -0.3 is 10.4 Å². The number of benzene rings is 1. The van der Waals surface area contributed by atoms with Crippen molar-refractivity contribution in [3.8, 4) is 5.75 Å². The summed E-state index contributed by atoms with van der Waals surface area (Å²) in [5.74, 6) is -0.0912. The number of nitrogens with zero attached hydrogens (tertiary/aromatic N) is 1. The Kier molecular flexibility index (Phi) is 5.57. The van der Waals surface area contributed by atoms with Crippen LogP contribution in [0.2, 0.25) is 5.02 Å². The molecule has 6 nitrogen and oxygen atoms in total. The van der Waals surface area contributed by atoms with Crippen LogP contribution in [-0.4, -0.2) is 36.8 Å². The van der Waals surface area contributed by atoms with E-state index in [0.717, 1.165) is 24.2 Å². The molecule has 140 valence electrons. The predicted molar refractivity (Wildman–Crippen MR) is 103 cm³/mol. The number of hydrogen-bond acceptors (Lipinski definition) is 5. The topological polar surface area (TPSA) is 86.7 Å². The van der Waals surface area contributed by atoms with Crippen LogP contribution in [-0.2, 0) is 10.0 Å². The van der Waals surface area contributed by atoms with E-state index in [1.807, 2.05) is 0 Å². The number of hydrogen-bond donors (Lipinski definition) is 2. The molecule has 0 spiro atoms.